The number of aromatic nitrogens is 1. The predicted molar refractivity (Wildman–Crippen MR) is 129 cm³/mol. The molecule has 1 aliphatic rings. The topological polar surface area (TPSA) is 118 Å². The average Bonchev–Trinajstić information content (AvgIpc) is 3.11. The highest BCUT2D eigenvalue weighted by molar-refractivity contribution is 7.89. The summed E-state index contributed by atoms with van der Waals surface area (Å²) >= 11 is 1.37. The van der Waals surface area contributed by atoms with Crippen molar-refractivity contribution in [1.82, 2.24) is 9.29 Å². The van der Waals surface area contributed by atoms with E-state index in [-0.39, 0.29) is 5.69 Å². The Kier molecular flexibility index (Phi) is 7.11. The van der Waals surface area contributed by atoms with Crippen LogP contribution in [0.25, 0.3) is 11.3 Å². The van der Waals surface area contributed by atoms with Gasteiger partial charge in [0.15, 0.2) is 0 Å². The molecular weight excluding hydrogens is 462 g/mol. The summed E-state index contributed by atoms with van der Waals surface area (Å²) in [6.45, 7) is 1.15. The van der Waals surface area contributed by atoms with Gasteiger partial charge in [0, 0.05) is 36.2 Å². The molecule has 0 saturated carbocycles. The van der Waals surface area contributed by atoms with Crippen LogP contribution in [-0.4, -0.2) is 41.9 Å². The van der Waals surface area contributed by atoms with Gasteiger partial charge in [-0.15, -0.1) is 11.3 Å². The molecule has 0 amide bonds. The fourth-order valence-corrected chi connectivity index (χ4v) is 5.72. The molecule has 0 spiro atoms. The van der Waals surface area contributed by atoms with Gasteiger partial charge in [-0.25, -0.2) is 13.4 Å². The molecule has 9 nitrogen and oxygen atoms in total. The van der Waals surface area contributed by atoms with E-state index in [9.17, 15) is 18.5 Å². The molecule has 0 bridgehead atoms. The number of rotatable bonds is 7. The Morgan fingerprint density at radius 3 is 2.33 bits per heavy atom. The SMILES string of the molecule is O=[N+]([O-])c1ccc(C=NNc2nc(-c3ccc(S(=O)(=O)N4CCCCCC4)cc3)cs2)cc1. The third kappa shape index (κ3) is 5.62. The number of sulfonamides is 1. The fourth-order valence-electron chi connectivity index (χ4n) is 3.53. The molecule has 2 aromatic carbocycles. The molecule has 1 aromatic heterocycles. The third-order valence-corrected chi connectivity index (χ3v) is 7.99. The van der Waals surface area contributed by atoms with Crippen LogP contribution in [0.3, 0.4) is 0 Å². The monoisotopic (exact) mass is 485 g/mol. The maximum Gasteiger partial charge on any atom is 0.269 e. The van der Waals surface area contributed by atoms with Crippen molar-refractivity contribution in [3.63, 3.8) is 0 Å². The van der Waals surface area contributed by atoms with Gasteiger partial charge in [-0.1, -0.05) is 25.0 Å². The van der Waals surface area contributed by atoms with Crippen LogP contribution in [0.4, 0.5) is 10.8 Å². The summed E-state index contributed by atoms with van der Waals surface area (Å²) in [6, 6.07) is 12.9. The Bertz CT molecular complexity index is 1230. The van der Waals surface area contributed by atoms with Gasteiger partial charge in [0.25, 0.3) is 5.69 Å². The van der Waals surface area contributed by atoms with E-state index in [1.165, 1.54) is 23.5 Å². The van der Waals surface area contributed by atoms with Crippen LogP contribution < -0.4 is 5.43 Å². The van der Waals surface area contributed by atoms with Gasteiger partial charge in [-0.3, -0.25) is 15.5 Å². The second-order valence-electron chi connectivity index (χ2n) is 7.60. The minimum absolute atomic E-state index is 0.0231. The second-order valence-corrected chi connectivity index (χ2v) is 10.4. The van der Waals surface area contributed by atoms with Crippen molar-refractivity contribution in [1.29, 1.82) is 0 Å². The number of nitrogens with zero attached hydrogens (tertiary/aromatic N) is 4. The highest BCUT2D eigenvalue weighted by Crippen LogP contribution is 2.27. The lowest BCUT2D eigenvalue weighted by Gasteiger charge is -2.19. The van der Waals surface area contributed by atoms with Crippen molar-refractivity contribution < 1.29 is 13.3 Å². The maximum atomic E-state index is 12.9. The summed E-state index contributed by atoms with van der Waals surface area (Å²) in [5.41, 5.74) is 5.11. The van der Waals surface area contributed by atoms with Crippen LogP contribution in [0.5, 0.6) is 0 Å². The Hall–Kier alpha value is -3.15. The molecule has 2 heterocycles. The molecule has 1 N–H and O–H groups in total. The number of nitrogens with one attached hydrogen (secondary N) is 1. The number of non-ortho nitro benzene ring substituents is 1. The van der Waals surface area contributed by atoms with Gasteiger partial charge >= 0.3 is 0 Å². The van der Waals surface area contributed by atoms with E-state index in [4.69, 9.17) is 0 Å². The standard InChI is InChI=1S/C22H23N5O4S2/c28-27(29)19-9-5-17(6-10-19)15-23-25-22-24-21(16-32-22)18-7-11-20(12-8-18)33(30,31)26-13-3-1-2-4-14-26/h5-12,15-16H,1-4,13-14H2,(H,24,25). The number of thiazole rings is 1. The lowest BCUT2D eigenvalue weighted by molar-refractivity contribution is -0.384. The third-order valence-electron chi connectivity index (χ3n) is 5.33. The first kappa shape index (κ1) is 23.0. The van der Waals surface area contributed by atoms with Gasteiger partial charge in [0.05, 0.1) is 21.7 Å². The van der Waals surface area contributed by atoms with Crippen molar-refractivity contribution in [2.75, 3.05) is 18.5 Å². The molecule has 172 valence electrons. The molecule has 1 aliphatic heterocycles. The van der Waals surface area contributed by atoms with Crippen molar-refractivity contribution in [3.05, 3.63) is 69.6 Å². The molecule has 11 heteroatoms. The summed E-state index contributed by atoms with van der Waals surface area (Å²) < 4.78 is 27.5. The van der Waals surface area contributed by atoms with E-state index in [1.54, 1.807) is 46.9 Å². The van der Waals surface area contributed by atoms with Gasteiger partial charge in [0.2, 0.25) is 15.2 Å². The molecule has 3 aromatic rings. The predicted octanol–water partition coefficient (Wildman–Crippen LogP) is 4.73. The van der Waals surface area contributed by atoms with E-state index in [0.717, 1.165) is 31.2 Å². The number of hydrazone groups is 1. The van der Waals surface area contributed by atoms with Crippen LogP contribution in [-0.2, 0) is 10.0 Å². The first-order valence-corrected chi connectivity index (χ1v) is 12.8. The van der Waals surface area contributed by atoms with Gasteiger partial charge < -0.3 is 0 Å². The number of nitro benzene ring substituents is 1. The maximum absolute atomic E-state index is 12.9. The lowest BCUT2D eigenvalue weighted by atomic mass is 10.2. The molecule has 0 atom stereocenters. The van der Waals surface area contributed by atoms with Crippen LogP contribution >= 0.6 is 11.3 Å². The van der Waals surface area contributed by atoms with Crippen LogP contribution in [0, 0.1) is 10.1 Å². The molecular formula is C22H23N5O4S2. The number of benzene rings is 2. The Labute approximate surface area is 196 Å². The summed E-state index contributed by atoms with van der Waals surface area (Å²) in [5, 5.41) is 17.3. The smallest absolute Gasteiger partial charge is 0.258 e. The average molecular weight is 486 g/mol. The van der Waals surface area contributed by atoms with Crippen molar-refractivity contribution in [2.45, 2.75) is 30.6 Å². The highest BCUT2D eigenvalue weighted by atomic mass is 32.2. The summed E-state index contributed by atoms with van der Waals surface area (Å²) in [6.07, 6.45) is 5.50. The molecule has 0 aliphatic carbocycles. The quantitative estimate of drug-likeness (QED) is 0.294. The normalized spacial score (nSPS) is 15.4. The molecule has 1 saturated heterocycles. The summed E-state index contributed by atoms with van der Waals surface area (Å²) in [7, 11) is -3.48. The van der Waals surface area contributed by atoms with Crippen molar-refractivity contribution >= 4 is 38.4 Å². The molecule has 33 heavy (non-hydrogen) atoms. The summed E-state index contributed by atoms with van der Waals surface area (Å²) in [4.78, 5) is 15.0. The van der Waals surface area contributed by atoms with Crippen LogP contribution in [0.1, 0.15) is 31.2 Å². The number of anilines is 1. The Morgan fingerprint density at radius 2 is 1.70 bits per heavy atom. The summed E-state index contributed by atoms with van der Waals surface area (Å²) in [5.74, 6) is 0. The lowest BCUT2D eigenvalue weighted by Crippen LogP contribution is -2.31. The fraction of sp³-hybridized carbons (Fsp3) is 0.273. The van der Waals surface area contributed by atoms with Crippen molar-refractivity contribution in [2.24, 2.45) is 5.10 Å². The number of hydrogen-bond acceptors (Lipinski definition) is 8. The van der Waals surface area contributed by atoms with Gasteiger partial charge in [-0.2, -0.15) is 9.41 Å². The van der Waals surface area contributed by atoms with Gasteiger partial charge in [-0.05, 0) is 42.7 Å². The van der Waals surface area contributed by atoms with Gasteiger partial charge in [0.1, 0.15) is 0 Å². The van der Waals surface area contributed by atoms with Crippen LogP contribution in [0.15, 0.2) is 63.9 Å². The molecule has 1 fully saturated rings. The zero-order chi connectivity index (χ0) is 23.3. The minimum atomic E-state index is -3.48. The molecule has 0 radical (unpaired) electrons. The van der Waals surface area contributed by atoms with Crippen molar-refractivity contribution in [3.8, 4) is 11.3 Å². The van der Waals surface area contributed by atoms with E-state index in [0.29, 0.717) is 34.4 Å². The Morgan fingerprint density at radius 1 is 1.03 bits per heavy atom. The van der Waals surface area contributed by atoms with E-state index in [2.05, 4.69) is 15.5 Å². The van der Waals surface area contributed by atoms with Crippen LogP contribution in [0.2, 0.25) is 0 Å². The largest absolute Gasteiger partial charge is 0.269 e. The highest BCUT2D eigenvalue weighted by Gasteiger charge is 2.25. The first-order valence-electron chi connectivity index (χ1n) is 10.5. The van der Waals surface area contributed by atoms with E-state index >= 15 is 0 Å². The molecule has 0 unspecified atom stereocenters. The number of hydrogen-bond donors (Lipinski definition) is 1. The minimum Gasteiger partial charge on any atom is -0.258 e. The first-order chi connectivity index (χ1) is 15.9. The van der Waals surface area contributed by atoms with E-state index < -0.39 is 14.9 Å². The molecule has 4 rings (SSSR count). The Balaban J connectivity index is 1.40. The number of nitro groups is 1. The second kappa shape index (κ2) is 10.2. The zero-order valence-corrected chi connectivity index (χ0v) is 19.4. The zero-order valence-electron chi connectivity index (χ0n) is 17.8. The van der Waals surface area contributed by atoms with E-state index in [1.807, 2.05) is 5.38 Å².